The SMILES string of the molecule is CC(C)(C)c1ccc(Sc2ccc(N)cc2C(=O)O)cc1. The fraction of sp³-hybridized carbons (Fsp3) is 0.235. The molecule has 0 aliphatic heterocycles. The first-order valence-corrected chi connectivity index (χ1v) is 7.50. The average molecular weight is 301 g/mol. The van der Waals surface area contributed by atoms with Crippen molar-refractivity contribution in [1.29, 1.82) is 0 Å². The largest absolute Gasteiger partial charge is 0.478 e. The molecule has 21 heavy (non-hydrogen) atoms. The molecule has 0 aliphatic carbocycles. The van der Waals surface area contributed by atoms with Crippen LogP contribution in [0, 0.1) is 0 Å². The number of benzene rings is 2. The summed E-state index contributed by atoms with van der Waals surface area (Å²) < 4.78 is 0. The maximum Gasteiger partial charge on any atom is 0.336 e. The molecule has 0 radical (unpaired) electrons. The summed E-state index contributed by atoms with van der Waals surface area (Å²) in [5, 5.41) is 9.25. The summed E-state index contributed by atoms with van der Waals surface area (Å²) in [6.07, 6.45) is 0. The lowest BCUT2D eigenvalue weighted by Crippen LogP contribution is -2.10. The van der Waals surface area contributed by atoms with Crippen LogP contribution >= 0.6 is 11.8 Å². The van der Waals surface area contributed by atoms with Gasteiger partial charge in [-0.3, -0.25) is 0 Å². The predicted octanol–water partition coefficient (Wildman–Crippen LogP) is 4.42. The Hall–Kier alpha value is -1.94. The number of anilines is 1. The van der Waals surface area contributed by atoms with Crippen LogP contribution in [0.2, 0.25) is 0 Å². The van der Waals surface area contributed by atoms with Crippen LogP contribution in [0.1, 0.15) is 36.7 Å². The summed E-state index contributed by atoms with van der Waals surface area (Å²) in [4.78, 5) is 13.0. The van der Waals surface area contributed by atoms with Crippen LogP contribution in [0.15, 0.2) is 52.3 Å². The van der Waals surface area contributed by atoms with Gasteiger partial charge in [-0.2, -0.15) is 0 Å². The number of hydrogen-bond acceptors (Lipinski definition) is 3. The van der Waals surface area contributed by atoms with Crippen LogP contribution in [0.4, 0.5) is 5.69 Å². The Balaban J connectivity index is 2.28. The van der Waals surface area contributed by atoms with Crippen molar-refractivity contribution < 1.29 is 9.90 Å². The van der Waals surface area contributed by atoms with Crippen molar-refractivity contribution in [2.45, 2.75) is 36.0 Å². The summed E-state index contributed by atoms with van der Waals surface area (Å²) in [6, 6.07) is 13.2. The number of rotatable bonds is 3. The fourth-order valence-corrected chi connectivity index (χ4v) is 2.87. The Kier molecular flexibility index (Phi) is 4.28. The minimum atomic E-state index is -0.962. The van der Waals surface area contributed by atoms with Crippen molar-refractivity contribution in [3.8, 4) is 0 Å². The van der Waals surface area contributed by atoms with Crippen LogP contribution in [-0.4, -0.2) is 11.1 Å². The van der Waals surface area contributed by atoms with Gasteiger partial charge in [0.2, 0.25) is 0 Å². The van der Waals surface area contributed by atoms with E-state index in [4.69, 9.17) is 5.73 Å². The van der Waals surface area contributed by atoms with Gasteiger partial charge in [-0.1, -0.05) is 44.7 Å². The van der Waals surface area contributed by atoms with E-state index in [1.165, 1.54) is 23.4 Å². The molecule has 0 aliphatic rings. The molecule has 2 rings (SSSR count). The Morgan fingerprint density at radius 1 is 1.10 bits per heavy atom. The molecule has 0 aromatic heterocycles. The van der Waals surface area contributed by atoms with Gasteiger partial charge in [0.15, 0.2) is 0 Å². The molecule has 3 nitrogen and oxygen atoms in total. The summed E-state index contributed by atoms with van der Waals surface area (Å²) in [6.45, 7) is 6.49. The second-order valence-electron chi connectivity index (χ2n) is 5.94. The molecule has 0 heterocycles. The number of nitrogens with two attached hydrogens (primary N) is 1. The first kappa shape index (κ1) is 15.4. The van der Waals surface area contributed by atoms with Gasteiger partial charge in [0.1, 0.15) is 0 Å². The Morgan fingerprint density at radius 2 is 1.71 bits per heavy atom. The minimum Gasteiger partial charge on any atom is -0.478 e. The van der Waals surface area contributed by atoms with E-state index in [1.54, 1.807) is 12.1 Å². The maximum absolute atomic E-state index is 11.3. The topological polar surface area (TPSA) is 63.3 Å². The number of carboxylic acid groups (broad SMARTS) is 1. The van der Waals surface area contributed by atoms with Gasteiger partial charge >= 0.3 is 5.97 Å². The number of hydrogen-bond donors (Lipinski definition) is 2. The first-order valence-electron chi connectivity index (χ1n) is 6.68. The van der Waals surface area contributed by atoms with Gasteiger partial charge in [-0.25, -0.2) is 4.79 Å². The standard InChI is InChI=1S/C17H19NO2S/c1-17(2,3)11-4-7-13(8-5-11)21-15-9-6-12(18)10-14(15)16(19)20/h4-10H,18H2,1-3H3,(H,19,20). The van der Waals surface area contributed by atoms with E-state index >= 15 is 0 Å². The number of nitrogen functional groups attached to an aromatic ring is 1. The Bertz CT molecular complexity index is 657. The van der Waals surface area contributed by atoms with Gasteiger partial charge in [-0.05, 0) is 41.3 Å². The van der Waals surface area contributed by atoms with Crippen LogP contribution < -0.4 is 5.73 Å². The second-order valence-corrected chi connectivity index (χ2v) is 7.05. The van der Waals surface area contributed by atoms with Crippen molar-refractivity contribution in [3.05, 3.63) is 53.6 Å². The predicted molar refractivity (Wildman–Crippen MR) is 87.1 cm³/mol. The molecule has 2 aromatic rings. The number of aromatic carboxylic acids is 1. The van der Waals surface area contributed by atoms with Crippen molar-refractivity contribution in [2.24, 2.45) is 0 Å². The zero-order chi connectivity index (χ0) is 15.6. The lowest BCUT2D eigenvalue weighted by atomic mass is 9.87. The molecule has 4 heteroatoms. The first-order chi connectivity index (χ1) is 9.77. The monoisotopic (exact) mass is 301 g/mol. The maximum atomic E-state index is 11.3. The Morgan fingerprint density at radius 3 is 2.24 bits per heavy atom. The lowest BCUT2D eigenvalue weighted by molar-refractivity contribution is 0.0693. The van der Waals surface area contributed by atoms with Crippen LogP contribution in [-0.2, 0) is 5.41 Å². The van der Waals surface area contributed by atoms with Gasteiger partial charge in [-0.15, -0.1) is 0 Å². The van der Waals surface area contributed by atoms with Crippen LogP contribution in [0.3, 0.4) is 0 Å². The zero-order valence-corrected chi connectivity index (χ0v) is 13.2. The highest BCUT2D eigenvalue weighted by atomic mass is 32.2. The molecule has 0 saturated carbocycles. The summed E-state index contributed by atoms with van der Waals surface area (Å²) in [5.74, 6) is -0.962. The average Bonchev–Trinajstić information content (AvgIpc) is 2.40. The quantitative estimate of drug-likeness (QED) is 0.824. The van der Waals surface area contributed by atoms with Gasteiger partial charge in [0, 0.05) is 15.5 Å². The molecular weight excluding hydrogens is 282 g/mol. The molecular formula is C17H19NO2S. The second kappa shape index (κ2) is 5.82. The molecule has 0 fully saturated rings. The summed E-state index contributed by atoms with van der Waals surface area (Å²) in [7, 11) is 0. The smallest absolute Gasteiger partial charge is 0.336 e. The Labute approximate surface area is 129 Å². The molecule has 0 bridgehead atoms. The van der Waals surface area contributed by atoms with E-state index in [-0.39, 0.29) is 11.0 Å². The highest BCUT2D eigenvalue weighted by molar-refractivity contribution is 7.99. The normalized spacial score (nSPS) is 11.4. The van der Waals surface area contributed by atoms with Crippen LogP contribution in [0.5, 0.6) is 0 Å². The summed E-state index contributed by atoms with van der Waals surface area (Å²) in [5.41, 5.74) is 7.71. The minimum absolute atomic E-state index is 0.108. The molecule has 0 saturated heterocycles. The van der Waals surface area contributed by atoms with Crippen LogP contribution in [0.25, 0.3) is 0 Å². The molecule has 0 atom stereocenters. The van der Waals surface area contributed by atoms with Gasteiger partial charge in [0.25, 0.3) is 0 Å². The number of carbonyl (C=O) groups is 1. The lowest BCUT2D eigenvalue weighted by Gasteiger charge is -2.19. The molecule has 0 spiro atoms. The third-order valence-corrected chi connectivity index (χ3v) is 4.27. The van der Waals surface area contributed by atoms with Gasteiger partial charge < -0.3 is 10.8 Å². The van der Waals surface area contributed by atoms with E-state index in [1.807, 2.05) is 12.1 Å². The van der Waals surface area contributed by atoms with Crippen molar-refractivity contribution in [3.63, 3.8) is 0 Å². The zero-order valence-electron chi connectivity index (χ0n) is 12.4. The molecule has 110 valence electrons. The fourth-order valence-electron chi connectivity index (χ4n) is 1.95. The third-order valence-electron chi connectivity index (χ3n) is 3.18. The van der Waals surface area contributed by atoms with Gasteiger partial charge in [0.05, 0.1) is 5.56 Å². The van der Waals surface area contributed by atoms with E-state index in [0.717, 1.165) is 4.90 Å². The molecule has 3 N–H and O–H groups in total. The summed E-state index contributed by atoms with van der Waals surface area (Å²) >= 11 is 1.43. The van der Waals surface area contributed by atoms with E-state index in [2.05, 4.69) is 32.9 Å². The van der Waals surface area contributed by atoms with E-state index < -0.39 is 5.97 Å². The highest BCUT2D eigenvalue weighted by Gasteiger charge is 2.14. The number of carboxylic acids is 1. The van der Waals surface area contributed by atoms with Crippen molar-refractivity contribution in [2.75, 3.05) is 5.73 Å². The molecule has 0 amide bonds. The van der Waals surface area contributed by atoms with Crippen molar-refractivity contribution in [1.82, 2.24) is 0 Å². The van der Waals surface area contributed by atoms with E-state index in [0.29, 0.717) is 10.6 Å². The van der Waals surface area contributed by atoms with Crippen molar-refractivity contribution >= 4 is 23.4 Å². The third kappa shape index (κ3) is 3.79. The molecule has 2 aromatic carbocycles. The highest BCUT2D eigenvalue weighted by Crippen LogP contribution is 2.33. The molecule has 0 unspecified atom stereocenters. The van der Waals surface area contributed by atoms with E-state index in [9.17, 15) is 9.90 Å².